The lowest BCUT2D eigenvalue weighted by atomic mass is 10.0. The van der Waals surface area contributed by atoms with Gasteiger partial charge in [-0.3, -0.25) is 9.59 Å². The number of aliphatic hydroxyl groups is 2. The number of carbonyl (C=O) groups excluding carboxylic acids is 2. The Kier molecular flexibility index (Phi) is 41.4. The van der Waals surface area contributed by atoms with Gasteiger partial charge in [0.2, 0.25) is 5.91 Å². The second-order valence-corrected chi connectivity index (χ2v) is 15.0. The van der Waals surface area contributed by atoms with E-state index in [-0.39, 0.29) is 24.9 Å². The summed E-state index contributed by atoms with van der Waals surface area (Å²) >= 11 is 0. The number of nitrogens with one attached hydrogen (secondary N) is 1. The van der Waals surface area contributed by atoms with Gasteiger partial charge in [0.05, 0.1) is 25.2 Å². The lowest BCUT2D eigenvalue weighted by Gasteiger charge is -2.24. The summed E-state index contributed by atoms with van der Waals surface area (Å²) < 4.78 is 5.83. The standard InChI is InChI=1S/C51H85NO5/c1-4-7-10-13-16-19-21-23-25-26-28-31-33-36-39-42-47(57-51(56)44-41-38-35-32-29-27-24-22-20-17-14-11-8-5-2)45-50(55)52-48(46-53)49(54)43-40-37-34-30-18-15-12-9-6-3/h7-8,10-11,16-17,19-20,23-25,27-28,31,36,39,47-49,53-54H,4-6,9,12-15,18,21-22,26,29-30,32-35,37-38,40-46H2,1-3H3,(H,52,55)/b10-7-,11-8+,19-16-,20-17+,25-23-,27-24+,31-28-,39-36-. The zero-order chi connectivity index (χ0) is 41.7. The molecule has 0 aromatic carbocycles. The molecule has 57 heavy (non-hydrogen) atoms. The van der Waals surface area contributed by atoms with E-state index in [1.54, 1.807) is 0 Å². The van der Waals surface area contributed by atoms with E-state index in [2.05, 4.69) is 111 Å². The fraction of sp³-hybridized carbons (Fsp3) is 0.647. The molecule has 3 N–H and O–H groups in total. The van der Waals surface area contributed by atoms with Crippen molar-refractivity contribution in [1.82, 2.24) is 5.32 Å². The molecule has 3 atom stereocenters. The number of carbonyl (C=O) groups is 2. The number of unbranched alkanes of at least 4 members (excludes halogenated alkanes) is 12. The number of hydrogen-bond donors (Lipinski definition) is 3. The molecule has 0 heterocycles. The minimum Gasteiger partial charge on any atom is -0.461 e. The van der Waals surface area contributed by atoms with E-state index in [0.29, 0.717) is 19.3 Å². The molecule has 0 spiro atoms. The van der Waals surface area contributed by atoms with E-state index in [1.807, 2.05) is 12.2 Å². The molecule has 0 saturated heterocycles. The van der Waals surface area contributed by atoms with Gasteiger partial charge in [-0.05, 0) is 77.0 Å². The number of hydrogen-bond acceptors (Lipinski definition) is 5. The third-order valence-electron chi connectivity index (χ3n) is 9.66. The van der Waals surface area contributed by atoms with Crippen LogP contribution in [0.4, 0.5) is 0 Å². The van der Waals surface area contributed by atoms with Gasteiger partial charge in [-0.1, -0.05) is 189 Å². The van der Waals surface area contributed by atoms with Crippen molar-refractivity contribution in [3.05, 3.63) is 97.2 Å². The summed E-state index contributed by atoms with van der Waals surface area (Å²) in [7, 11) is 0. The van der Waals surface area contributed by atoms with E-state index in [9.17, 15) is 19.8 Å². The maximum absolute atomic E-state index is 13.1. The van der Waals surface area contributed by atoms with Crippen LogP contribution in [0.2, 0.25) is 0 Å². The molecular weight excluding hydrogens is 707 g/mol. The Bertz CT molecular complexity index is 1160. The van der Waals surface area contributed by atoms with Gasteiger partial charge in [-0.15, -0.1) is 0 Å². The average molecular weight is 792 g/mol. The number of esters is 1. The maximum Gasteiger partial charge on any atom is 0.306 e. The van der Waals surface area contributed by atoms with Gasteiger partial charge in [0.25, 0.3) is 0 Å². The van der Waals surface area contributed by atoms with E-state index in [1.165, 1.54) is 38.5 Å². The molecule has 0 aliphatic carbocycles. The van der Waals surface area contributed by atoms with Crippen LogP contribution < -0.4 is 5.32 Å². The smallest absolute Gasteiger partial charge is 0.306 e. The predicted octanol–water partition coefficient (Wildman–Crippen LogP) is 13.4. The lowest BCUT2D eigenvalue weighted by Crippen LogP contribution is -2.46. The highest BCUT2D eigenvalue weighted by Crippen LogP contribution is 2.15. The van der Waals surface area contributed by atoms with Gasteiger partial charge in [0.1, 0.15) is 6.10 Å². The largest absolute Gasteiger partial charge is 0.461 e. The molecule has 0 aliphatic rings. The van der Waals surface area contributed by atoms with Crippen molar-refractivity contribution in [2.24, 2.45) is 0 Å². The van der Waals surface area contributed by atoms with Crippen molar-refractivity contribution in [2.45, 2.75) is 206 Å². The van der Waals surface area contributed by atoms with E-state index >= 15 is 0 Å². The van der Waals surface area contributed by atoms with Gasteiger partial charge in [0, 0.05) is 12.8 Å². The zero-order valence-corrected chi connectivity index (χ0v) is 36.7. The maximum atomic E-state index is 13.1. The normalized spacial score (nSPS) is 14.3. The van der Waals surface area contributed by atoms with Crippen molar-refractivity contribution in [2.75, 3.05) is 6.61 Å². The molecule has 3 unspecified atom stereocenters. The molecule has 6 heteroatoms. The second-order valence-electron chi connectivity index (χ2n) is 15.0. The Morgan fingerprint density at radius 1 is 0.544 bits per heavy atom. The summed E-state index contributed by atoms with van der Waals surface area (Å²) in [6, 6.07) is -0.740. The third-order valence-corrected chi connectivity index (χ3v) is 9.66. The first-order valence-corrected chi connectivity index (χ1v) is 23.0. The van der Waals surface area contributed by atoms with Crippen molar-refractivity contribution in [1.29, 1.82) is 0 Å². The van der Waals surface area contributed by atoms with Crippen molar-refractivity contribution >= 4 is 11.9 Å². The number of ether oxygens (including phenoxy) is 1. The number of allylic oxidation sites excluding steroid dienone is 15. The molecule has 0 radical (unpaired) electrons. The fourth-order valence-electron chi connectivity index (χ4n) is 6.23. The van der Waals surface area contributed by atoms with Gasteiger partial charge in [0.15, 0.2) is 0 Å². The first kappa shape index (κ1) is 53.8. The molecular formula is C51H85NO5. The highest BCUT2D eigenvalue weighted by atomic mass is 16.5. The molecule has 0 aromatic heterocycles. The van der Waals surface area contributed by atoms with Crippen LogP contribution in [0.15, 0.2) is 97.2 Å². The third kappa shape index (κ3) is 39.4. The van der Waals surface area contributed by atoms with Gasteiger partial charge < -0.3 is 20.3 Å². The average Bonchev–Trinajstić information content (AvgIpc) is 3.20. The first-order valence-electron chi connectivity index (χ1n) is 23.0. The SMILES string of the molecule is CC/C=C\C/C=C\C/C=C\C/C=C\C/C=C\CC(CC(=O)NC(CO)C(O)CCCCCCCCCCC)OC(=O)CCCCCC/C=C/C/C=C/C/C=C/CC. The molecule has 0 fully saturated rings. The predicted molar refractivity (Wildman–Crippen MR) is 245 cm³/mol. The van der Waals surface area contributed by atoms with Gasteiger partial charge in [-0.2, -0.15) is 0 Å². The number of aliphatic hydroxyl groups excluding tert-OH is 2. The van der Waals surface area contributed by atoms with E-state index < -0.39 is 18.2 Å². The Hall–Kier alpha value is -3.22. The lowest BCUT2D eigenvalue weighted by molar-refractivity contribution is -0.150. The zero-order valence-electron chi connectivity index (χ0n) is 36.7. The first-order chi connectivity index (χ1) is 28.0. The summed E-state index contributed by atoms with van der Waals surface area (Å²) in [5.74, 6) is -0.619. The van der Waals surface area contributed by atoms with Crippen LogP contribution in [-0.2, 0) is 14.3 Å². The van der Waals surface area contributed by atoms with Gasteiger partial charge in [-0.25, -0.2) is 0 Å². The quantitative estimate of drug-likeness (QED) is 0.0327. The minimum atomic E-state index is -0.819. The molecule has 0 bridgehead atoms. The molecule has 0 aliphatic heterocycles. The molecule has 1 amide bonds. The van der Waals surface area contributed by atoms with Crippen LogP contribution in [-0.4, -0.2) is 46.9 Å². The summed E-state index contributed by atoms with van der Waals surface area (Å²) in [4.78, 5) is 26.0. The molecule has 0 aromatic rings. The topological polar surface area (TPSA) is 95.9 Å². The summed E-state index contributed by atoms with van der Waals surface area (Å²) in [5.41, 5.74) is 0. The molecule has 324 valence electrons. The van der Waals surface area contributed by atoms with Crippen LogP contribution in [0.1, 0.15) is 188 Å². The van der Waals surface area contributed by atoms with Crippen LogP contribution in [0, 0.1) is 0 Å². The summed E-state index contributed by atoms with van der Waals surface area (Å²) in [6.45, 7) is 6.18. The monoisotopic (exact) mass is 792 g/mol. The molecule has 6 nitrogen and oxygen atoms in total. The Labute approximate surface area is 350 Å². The highest BCUT2D eigenvalue weighted by Gasteiger charge is 2.23. The van der Waals surface area contributed by atoms with Crippen LogP contribution in [0.25, 0.3) is 0 Å². The van der Waals surface area contributed by atoms with Crippen molar-refractivity contribution < 1.29 is 24.5 Å². The second kappa shape index (κ2) is 43.9. The Morgan fingerprint density at radius 3 is 1.49 bits per heavy atom. The summed E-state index contributed by atoms with van der Waals surface area (Å²) in [6.07, 6.45) is 57.7. The van der Waals surface area contributed by atoms with Crippen LogP contribution >= 0.6 is 0 Å². The van der Waals surface area contributed by atoms with E-state index in [4.69, 9.17) is 4.74 Å². The minimum absolute atomic E-state index is 0.0156. The van der Waals surface area contributed by atoms with Crippen LogP contribution in [0.3, 0.4) is 0 Å². The van der Waals surface area contributed by atoms with Crippen LogP contribution in [0.5, 0.6) is 0 Å². The van der Waals surface area contributed by atoms with Crippen molar-refractivity contribution in [3.8, 4) is 0 Å². The fourth-order valence-corrected chi connectivity index (χ4v) is 6.23. The molecule has 0 rings (SSSR count). The van der Waals surface area contributed by atoms with Crippen molar-refractivity contribution in [3.63, 3.8) is 0 Å². The number of amides is 1. The summed E-state index contributed by atoms with van der Waals surface area (Å²) in [5, 5.41) is 23.5. The Balaban J connectivity index is 4.83. The highest BCUT2D eigenvalue weighted by molar-refractivity contribution is 5.77. The van der Waals surface area contributed by atoms with E-state index in [0.717, 1.165) is 103 Å². The van der Waals surface area contributed by atoms with Gasteiger partial charge >= 0.3 is 5.97 Å². The number of rotatable bonds is 39. The Morgan fingerprint density at radius 2 is 0.982 bits per heavy atom. The molecule has 0 saturated carbocycles.